The van der Waals surface area contributed by atoms with Crippen LogP contribution in [0, 0.1) is 40.4 Å². The number of hydrogen-bond acceptors (Lipinski definition) is 2. The number of hydrogen-bond donors (Lipinski definition) is 1. The molecule has 0 radical (unpaired) electrons. The van der Waals surface area contributed by atoms with Crippen molar-refractivity contribution < 1.29 is 9.90 Å². The Kier molecular flexibility index (Phi) is 3.99. The fraction of sp³-hybridized carbons (Fsp3) is 0.864. The maximum atomic E-state index is 12.8. The molecule has 0 aliphatic heterocycles. The summed E-state index contributed by atoms with van der Waals surface area (Å²) in [5, 5.41) is 10.1. The molecule has 0 aromatic rings. The molecule has 2 heteroatoms. The lowest BCUT2D eigenvalue weighted by Gasteiger charge is -2.60. The molecule has 4 aliphatic rings. The molecule has 4 saturated carbocycles. The summed E-state index contributed by atoms with van der Waals surface area (Å²) in [6.45, 7) is 8.43. The van der Waals surface area contributed by atoms with E-state index in [1.165, 1.54) is 32.1 Å². The summed E-state index contributed by atoms with van der Waals surface area (Å²) in [6.07, 6.45) is 12.4. The molecule has 0 spiro atoms. The van der Waals surface area contributed by atoms with Crippen LogP contribution in [-0.4, -0.2) is 17.0 Å². The molecule has 0 aromatic carbocycles. The summed E-state index contributed by atoms with van der Waals surface area (Å²) in [4.78, 5) is 12.8. The molecule has 0 bridgehead atoms. The molecule has 1 N–H and O–H groups in total. The Labute approximate surface area is 147 Å². The van der Waals surface area contributed by atoms with Crippen LogP contribution in [0.1, 0.15) is 71.6 Å². The maximum absolute atomic E-state index is 12.8. The number of fused-ring (bicyclic) bond motifs is 5. The molecule has 24 heavy (non-hydrogen) atoms. The van der Waals surface area contributed by atoms with Gasteiger partial charge in [-0.1, -0.05) is 13.0 Å². The lowest BCUT2D eigenvalue weighted by atomic mass is 9.44. The summed E-state index contributed by atoms with van der Waals surface area (Å²) >= 11 is 0. The second-order valence-corrected chi connectivity index (χ2v) is 9.64. The fourth-order valence-electron chi connectivity index (χ4n) is 7.98. The minimum Gasteiger partial charge on any atom is -0.393 e. The van der Waals surface area contributed by atoms with Crippen LogP contribution >= 0.6 is 0 Å². The molecule has 4 fully saturated rings. The van der Waals surface area contributed by atoms with E-state index in [2.05, 4.69) is 19.6 Å². The summed E-state index contributed by atoms with van der Waals surface area (Å²) in [5.74, 6) is 3.61. The zero-order chi connectivity index (χ0) is 17.1. The van der Waals surface area contributed by atoms with Gasteiger partial charge >= 0.3 is 0 Å². The van der Waals surface area contributed by atoms with E-state index in [1.807, 2.05) is 6.92 Å². The standard InChI is InChI=1S/C22H34O2/c1-4-15-6-8-20-18-7-5-16-13-17(24)9-11-21(16,3)19(18)10-12-22(15,20)14(2)23/h4,15-20,24H,1,5-13H2,2-3H3/t15?,16-,17+,18+,19-,20-,21-,22-/m0/s1. The van der Waals surface area contributed by atoms with Crippen molar-refractivity contribution in [2.75, 3.05) is 0 Å². The van der Waals surface area contributed by atoms with E-state index in [1.54, 1.807) is 0 Å². The van der Waals surface area contributed by atoms with Crippen molar-refractivity contribution in [3.63, 3.8) is 0 Å². The van der Waals surface area contributed by atoms with Crippen LogP contribution in [0.2, 0.25) is 0 Å². The third-order valence-electron chi connectivity index (χ3n) is 9.16. The van der Waals surface area contributed by atoms with E-state index in [0.717, 1.165) is 37.5 Å². The van der Waals surface area contributed by atoms with Crippen LogP contribution < -0.4 is 0 Å². The lowest BCUT2D eigenvalue weighted by Crippen LogP contribution is -2.55. The molecule has 0 amide bonds. The highest BCUT2D eigenvalue weighted by atomic mass is 16.3. The van der Waals surface area contributed by atoms with E-state index in [-0.39, 0.29) is 11.5 Å². The molecule has 0 heterocycles. The quantitative estimate of drug-likeness (QED) is 0.741. The SMILES string of the molecule is C=CC1CC[C@H]2[C@@H]3CC[C@H]4C[C@H](O)CC[C@]4(C)[C@H]3CC[C@]12C(C)=O. The van der Waals surface area contributed by atoms with Gasteiger partial charge in [-0.25, -0.2) is 0 Å². The average Bonchev–Trinajstić information content (AvgIpc) is 2.95. The largest absolute Gasteiger partial charge is 0.393 e. The summed E-state index contributed by atoms with van der Waals surface area (Å²) in [7, 11) is 0. The molecule has 1 unspecified atom stereocenters. The lowest BCUT2D eigenvalue weighted by molar-refractivity contribution is -0.151. The van der Waals surface area contributed by atoms with Crippen molar-refractivity contribution in [1.29, 1.82) is 0 Å². The number of carbonyl (C=O) groups is 1. The number of Topliss-reactive ketones (excluding diaryl/α,β-unsaturated/α-hetero) is 1. The third kappa shape index (κ3) is 2.08. The van der Waals surface area contributed by atoms with Gasteiger partial charge in [0, 0.05) is 5.41 Å². The zero-order valence-electron chi connectivity index (χ0n) is 15.5. The first-order valence-electron chi connectivity index (χ1n) is 10.2. The van der Waals surface area contributed by atoms with Crippen molar-refractivity contribution in [1.82, 2.24) is 0 Å². The highest BCUT2D eigenvalue weighted by Gasteiger charge is 2.62. The fourth-order valence-corrected chi connectivity index (χ4v) is 7.98. The smallest absolute Gasteiger partial charge is 0.136 e. The second-order valence-electron chi connectivity index (χ2n) is 9.64. The van der Waals surface area contributed by atoms with Crippen LogP contribution in [-0.2, 0) is 4.79 Å². The Morgan fingerprint density at radius 1 is 1.08 bits per heavy atom. The van der Waals surface area contributed by atoms with Gasteiger partial charge in [-0.15, -0.1) is 6.58 Å². The number of rotatable bonds is 2. The molecular formula is C22H34O2. The predicted molar refractivity (Wildman–Crippen MR) is 96.4 cm³/mol. The normalized spacial score (nSPS) is 53.6. The zero-order valence-corrected chi connectivity index (χ0v) is 15.5. The van der Waals surface area contributed by atoms with Crippen molar-refractivity contribution in [2.45, 2.75) is 77.7 Å². The molecule has 4 aliphatic carbocycles. The van der Waals surface area contributed by atoms with Crippen LogP contribution in [0.25, 0.3) is 0 Å². The van der Waals surface area contributed by atoms with Crippen molar-refractivity contribution >= 4 is 5.78 Å². The van der Waals surface area contributed by atoms with E-state index < -0.39 is 0 Å². The van der Waals surface area contributed by atoms with Crippen molar-refractivity contribution in [3.05, 3.63) is 12.7 Å². The van der Waals surface area contributed by atoms with Gasteiger partial charge in [-0.3, -0.25) is 4.79 Å². The number of aliphatic hydroxyl groups excluding tert-OH is 1. The van der Waals surface area contributed by atoms with Crippen LogP contribution in [0.4, 0.5) is 0 Å². The molecule has 0 aromatic heterocycles. The molecular weight excluding hydrogens is 296 g/mol. The van der Waals surface area contributed by atoms with Gasteiger partial charge in [-0.2, -0.15) is 0 Å². The maximum Gasteiger partial charge on any atom is 0.136 e. The van der Waals surface area contributed by atoms with E-state index in [0.29, 0.717) is 29.0 Å². The topological polar surface area (TPSA) is 37.3 Å². The van der Waals surface area contributed by atoms with E-state index >= 15 is 0 Å². The Morgan fingerprint density at radius 3 is 2.58 bits per heavy atom. The Hall–Kier alpha value is -0.630. The Balaban J connectivity index is 1.67. The first kappa shape index (κ1) is 16.8. The van der Waals surface area contributed by atoms with Gasteiger partial charge in [0.2, 0.25) is 0 Å². The second kappa shape index (κ2) is 5.69. The van der Waals surface area contributed by atoms with Gasteiger partial charge in [0.25, 0.3) is 0 Å². The van der Waals surface area contributed by atoms with Gasteiger partial charge in [0.05, 0.1) is 6.10 Å². The molecule has 4 rings (SSSR count). The van der Waals surface area contributed by atoms with E-state index in [4.69, 9.17) is 0 Å². The number of carbonyl (C=O) groups excluding carboxylic acids is 1. The molecule has 2 nitrogen and oxygen atoms in total. The predicted octanol–water partition coefficient (Wildman–Crippen LogP) is 4.76. The molecule has 0 saturated heterocycles. The van der Waals surface area contributed by atoms with Gasteiger partial charge in [-0.05, 0) is 99.7 Å². The van der Waals surface area contributed by atoms with Gasteiger partial charge in [0.1, 0.15) is 5.78 Å². The highest BCUT2D eigenvalue weighted by Crippen LogP contribution is 2.67. The minimum absolute atomic E-state index is 0.0730. The molecule has 134 valence electrons. The Bertz CT molecular complexity index is 540. The van der Waals surface area contributed by atoms with Gasteiger partial charge in [0.15, 0.2) is 0 Å². The van der Waals surface area contributed by atoms with Crippen molar-refractivity contribution in [3.8, 4) is 0 Å². The molecule has 8 atom stereocenters. The van der Waals surface area contributed by atoms with Crippen LogP contribution in [0.5, 0.6) is 0 Å². The first-order valence-corrected chi connectivity index (χ1v) is 10.2. The summed E-state index contributed by atoms with van der Waals surface area (Å²) in [5.41, 5.74) is 0.303. The highest BCUT2D eigenvalue weighted by molar-refractivity contribution is 5.84. The van der Waals surface area contributed by atoms with E-state index in [9.17, 15) is 9.90 Å². The van der Waals surface area contributed by atoms with Crippen LogP contribution in [0.3, 0.4) is 0 Å². The number of allylic oxidation sites excluding steroid dienone is 1. The summed E-state index contributed by atoms with van der Waals surface area (Å²) in [6, 6.07) is 0. The minimum atomic E-state index is -0.0969. The van der Waals surface area contributed by atoms with Crippen LogP contribution in [0.15, 0.2) is 12.7 Å². The monoisotopic (exact) mass is 330 g/mol. The summed E-state index contributed by atoms with van der Waals surface area (Å²) < 4.78 is 0. The number of ketones is 1. The number of aliphatic hydroxyl groups is 1. The first-order chi connectivity index (χ1) is 11.4. The average molecular weight is 331 g/mol. The Morgan fingerprint density at radius 2 is 1.88 bits per heavy atom. The van der Waals surface area contributed by atoms with Crippen molar-refractivity contribution in [2.24, 2.45) is 40.4 Å². The third-order valence-corrected chi connectivity index (χ3v) is 9.16. The van der Waals surface area contributed by atoms with Gasteiger partial charge < -0.3 is 5.11 Å².